The molecular formula is C22H27N3O3. The Balaban J connectivity index is 1.67. The number of nitrogens with one attached hydrogen (secondary N) is 1. The van der Waals surface area contributed by atoms with Gasteiger partial charge in [-0.3, -0.25) is 4.79 Å². The molecule has 148 valence electrons. The van der Waals surface area contributed by atoms with Crippen LogP contribution in [0.5, 0.6) is 5.75 Å². The van der Waals surface area contributed by atoms with E-state index in [9.17, 15) is 9.59 Å². The lowest BCUT2D eigenvalue weighted by molar-refractivity contribution is -0.129. The first kappa shape index (κ1) is 19.7. The third-order valence-corrected chi connectivity index (χ3v) is 4.88. The van der Waals surface area contributed by atoms with E-state index in [1.54, 1.807) is 16.7 Å². The zero-order valence-electron chi connectivity index (χ0n) is 16.5. The zero-order valence-corrected chi connectivity index (χ0v) is 16.5. The summed E-state index contributed by atoms with van der Waals surface area (Å²) in [6.07, 6.45) is 0. The Kier molecular flexibility index (Phi) is 6.53. The van der Waals surface area contributed by atoms with E-state index in [-0.39, 0.29) is 11.9 Å². The van der Waals surface area contributed by atoms with Crippen molar-refractivity contribution in [3.05, 3.63) is 65.2 Å². The predicted octanol–water partition coefficient (Wildman–Crippen LogP) is 3.16. The van der Waals surface area contributed by atoms with E-state index < -0.39 is 0 Å². The highest BCUT2D eigenvalue weighted by Gasteiger charge is 2.20. The molecule has 6 nitrogen and oxygen atoms in total. The van der Waals surface area contributed by atoms with Crippen molar-refractivity contribution in [3.63, 3.8) is 0 Å². The van der Waals surface area contributed by atoms with Crippen molar-refractivity contribution in [2.45, 2.75) is 33.5 Å². The molecule has 3 amide bonds. The van der Waals surface area contributed by atoms with Crippen molar-refractivity contribution in [1.82, 2.24) is 15.1 Å². The maximum Gasteiger partial charge on any atom is 0.318 e. The fourth-order valence-electron chi connectivity index (χ4n) is 3.27. The van der Waals surface area contributed by atoms with E-state index >= 15 is 0 Å². The summed E-state index contributed by atoms with van der Waals surface area (Å²) < 4.78 is 5.82. The van der Waals surface area contributed by atoms with Crippen LogP contribution in [0.25, 0.3) is 0 Å². The Hall–Kier alpha value is -3.02. The highest BCUT2D eigenvalue weighted by atomic mass is 16.5. The van der Waals surface area contributed by atoms with Gasteiger partial charge in [-0.05, 0) is 30.2 Å². The van der Waals surface area contributed by atoms with Crippen LogP contribution in [0, 0.1) is 0 Å². The molecule has 0 bridgehead atoms. The van der Waals surface area contributed by atoms with Crippen LogP contribution >= 0.6 is 0 Å². The fourth-order valence-corrected chi connectivity index (χ4v) is 3.27. The minimum atomic E-state index is -0.107. The van der Waals surface area contributed by atoms with Crippen molar-refractivity contribution in [1.29, 1.82) is 0 Å². The molecule has 6 heteroatoms. The lowest BCUT2D eigenvalue weighted by atomic mass is 10.1. The number of ether oxygens (including phenoxy) is 1. The summed E-state index contributed by atoms with van der Waals surface area (Å²) in [6, 6.07) is 15.7. The van der Waals surface area contributed by atoms with Gasteiger partial charge in [-0.1, -0.05) is 36.4 Å². The molecule has 1 heterocycles. The smallest absolute Gasteiger partial charge is 0.318 e. The van der Waals surface area contributed by atoms with Crippen molar-refractivity contribution in [3.8, 4) is 5.75 Å². The van der Waals surface area contributed by atoms with Crippen LogP contribution in [0.1, 0.15) is 30.5 Å². The van der Waals surface area contributed by atoms with Crippen molar-refractivity contribution < 1.29 is 14.3 Å². The van der Waals surface area contributed by atoms with Crippen LogP contribution in [0.15, 0.2) is 48.5 Å². The van der Waals surface area contributed by atoms with E-state index in [1.807, 2.05) is 55.5 Å². The van der Waals surface area contributed by atoms with E-state index in [0.29, 0.717) is 39.3 Å². The van der Waals surface area contributed by atoms with E-state index in [4.69, 9.17) is 4.74 Å². The van der Waals surface area contributed by atoms with Gasteiger partial charge in [0.2, 0.25) is 5.91 Å². The molecule has 0 atom stereocenters. The number of urea groups is 1. The van der Waals surface area contributed by atoms with Crippen LogP contribution in [0.4, 0.5) is 4.79 Å². The Morgan fingerprint density at radius 1 is 1.14 bits per heavy atom. The van der Waals surface area contributed by atoms with Crippen molar-refractivity contribution >= 4 is 11.9 Å². The fraction of sp³-hybridized carbons (Fsp3) is 0.364. The normalized spacial score (nSPS) is 13.1. The minimum Gasteiger partial charge on any atom is -0.491 e. The van der Waals surface area contributed by atoms with Gasteiger partial charge in [0, 0.05) is 32.1 Å². The number of benzene rings is 2. The molecule has 0 fully saturated rings. The molecule has 0 saturated carbocycles. The van der Waals surface area contributed by atoms with Crippen LogP contribution in [0.3, 0.4) is 0 Å². The van der Waals surface area contributed by atoms with E-state index in [2.05, 4.69) is 5.32 Å². The quantitative estimate of drug-likeness (QED) is 0.865. The summed E-state index contributed by atoms with van der Waals surface area (Å²) >= 11 is 0. The highest BCUT2D eigenvalue weighted by Crippen LogP contribution is 2.25. The number of hydrogen-bond donors (Lipinski definition) is 1. The average molecular weight is 381 g/mol. The summed E-state index contributed by atoms with van der Waals surface area (Å²) in [5.41, 5.74) is 3.06. The maximum atomic E-state index is 12.6. The number of carbonyl (C=O) groups is 2. The zero-order chi connectivity index (χ0) is 19.9. The van der Waals surface area contributed by atoms with Gasteiger partial charge in [0.05, 0.1) is 13.1 Å². The van der Waals surface area contributed by atoms with Gasteiger partial charge in [-0.25, -0.2) is 4.79 Å². The second-order valence-electron chi connectivity index (χ2n) is 6.89. The molecule has 0 saturated heterocycles. The standard InChI is InChI=1S/C22H27N3O3/c1-3-24(17(2)26)15-19-9-10-21-20(13-19)16-25(11-12-28-21)22(27)23-14-18-7-5-4-6-8-18/h4-10,13H,3,11-12,14-16H2,1-2H3,(H,23,27). The lowest BCUT2D eigenvalue weighted by Gasteiger charge is -2.22. The summed E-state index contributed by atoms with van der Waals surface area (Å²) in [5, 5.41) is 2.98. The Morgan fingerprint density at radius 3 is 2.64 bits per heavy atom. The number of nitrogens with zero attached hydrogens (tertiary/aromatic N) is 2. The third kappa shape index (κ3) is 5.03. The SMILES string of the molecule is CCN(Cc1ccc2c(c1)CN(C(=O)NCc1ccccc1)CCO2)C(C)=O. The molecule has 1 aliphatic heterocycles. The van der Waals surface area contributed by atoms with Crippen LogP contribution in [0.2, 0.25) is 0 Å². The summed E-state index contributed by atoms with van der Waals surface area (Å²) in [4.78, 5) is 27.9. The first-order valence-corrected chi connectivity index (χ1v) is 9.63. The van der Waals surface area contributed by atoms with Gasteiger partial charge in [0.15, 0.2) is 0 Å². The Bertz CT molecular complexity index is 823. The molecule has 1 N–H and O–H groups in total. The molecule has 0 aromatic heterocycles. The van der Waals surface area contributed by atoms with Gasteiger partial charge in [-0.2, -0.15) is 0 Å². The van der Waals surface area contributed by atoms with E-state index in [0.717, 1.165) is 22.4 Å². The van der Waals surface area contributed by atoms with Crippen LogP contribution in [-0.2, 0) is 24.4 Å². The van der Waals surface area contributed by atoms with Crippen molar-refractivity contribution in [2.75, 3.05) is 19.7 Å². The minimum absolute atomic E-state index is 0.0515. The van der Waals surface area contributed by atoms with Gasteiger partial charge in [0.1, 0.15) is 12.4 Å². The Labute approximate surface area is 166 Å². The molecular weight excluding hydrogens is 354 g/mol. The first-order chi connectivity index (χ1) is 13.6. The van der Waals surface area contributed by atoms with Gasteiger partial charge in [-0.15, -0.1) is 0 Å². The molecule has 0 unspecified atom stereocenters. The lowest BCUT2D eigenvalue weighted by Crippen LogP contribution is -2.40. The van der Waals surface area contributed by atoms with Gasteiger partial charge < -0.3 is 19.9 Å². The predicted molar refractivity (Wildman–Crippen MR) is 108 cm³/mol. The first-order valence-electron chi connectivity index (χ1n) is 9.63. The molecule has 0 aliphatic carbocycles. The monoisotopic (exact) mass is 381 g/mol. The molecule has 2 aromatic rings. The summed E-state index contributed by atoms with van der Waals surface area (Å²) in [7, 11) is 0. The second kappa shape index (κ2) is 9.26. The third-order valence-electron chi connectivity index (χ3n) is 4.88. The molecule has 3 rings (SSSR count). The Morgan fingerprint density at radius 2 is 1.93 bits per heavy atom. The molecule has 0 radical (unpaired) electrons. The molecule has 28 heavy (non-hydrogen) atoms. The number of fused-ring (bicyclic) bond motifs is 1. The molecule has 0 spiro atoms. The topological polar surface area (TPSA) is 61.9 Å². The van der Waals surface area contributed by atoms with Gasteiger partial charge >= 0.3 is 6.03 Å². The average Bonchev–Trinajstić information content (AvgIpc) is 2.92. The number of carbonyl (C=O) groups excluding carboxylic acids is 2. The number of rotatable bonds is 5. The van der Waals surface area contributed by atoms with E-state index in [1.165, 1.54) is 0 Å². The van der Waals surface area contributed by atoms with Gasteiger partial charge in [0.25, 0.3) is 0 Å². The maximum absolute atomic E-state index is 12.6. The molecule has 2 aromatic carbocycles. The number of amides is 3. The number of hydrogen-bond acceptors (Lipinski definition) is 3. The summed E-state index contributed by atoms with van der Waals surface area (Å²) in [5.74, 6) is 0.851. The molecule has 1 aliphatic rings. The second-order valence-corrected chi connectivity index (χ2v) is 6.89. The highest BCUT2D eigenvalue weighted by molar-refractivity contribution is 5.74. The summed E-state index contributed by atoms with van der Waals surface area (Å²) in [6.45, 7) is 6.72. The van der Waals surface area contributed by atoms with Crippen LogP contribution in [-0.4, -0.2) is 41.4 Å². The van der Waals surface area contributed by atoms with Crippen molar-refractivity contribution in [2.24, 2.45) is 0 Å². The van der Waals surface area contributed by atoms with Crippen LogP contribution < -0.4 is 10.1 Å². The largest absolute Gasteiger partial charge is 0.491 e.